The smallest absolute Gasteiger partial charge is 0.237 e. The van der Waals surface area contributed by atoms with Gasteiger partial charge in [0, 0.05) is 18.0 Å². The van der Waals surface area contributed by atoms with E-state index in [0.717, 1.165) is 25.7 Å². The van der Waals surface area contributed by atoms with Crippen LogP contribution < -0.4 is 11.5 Å². The number of amides is 2. The summed E-state index contributed by atoms with van der Waals surface area (Å²) in [4.78, 5) is 24.8. The number of hydrogen-bond acceptors (Lipinski definition) is 3. The zero-order valence-electron chi connectivity index (χ0n) is 11.1. The van der Waals surface area contributed by atoms with Crippen LogP contribution in [-0.2, 0) is 9.59 Å². The molecule has 0 aromatic rings. The molecular weight excluding hydrogens is 254 g/mol. The van der Waals surface area contributed by atoms with Crippen molar-refractivity contribution in [3.05, 3.63) is 0 Å². The number of hydrogen-bond donors (Lipinski definition) is 2. The second-order valence-corrected chi connectivity index (χ2v) is 5.15. The van der Waals surface area contributed by atoms with Crippen molar-refractivity contribution in [1.29, 1.82) is 0 Å². The summed E-state index contributed by atoms with van der Waals surface area (Å²) in [6, 6.07) is 0.105. The Morgan fingerprint density at radius 3 is 2.39 bits per heavy atom. The average molecular weight is 278 g/mol. The Balaban J connectivity index is 0.00000289. The maximum Gasteiger partial charge on any atom is 0.237 e. The van der Waals surface area contributed by atoms with Crippen LogP contribution >= 0.6 is 12.4 Å². The predicted molar refractivity (Wildman–Crippen MR) is 73.2 cm³/mol. The summed E-state index contributed by atoms with van der Waals surface area (Å²) < 4.78 is 0. The Kier molecular flexibility index (Phi) is 7.25. The second-order valence-electron chi connectivity index (χ2n) is 5.15. The lowest BCUT2D eigenvalue weighted by Gasteiger charge is -2.33. The van der Waals surface area contributed by atoms with E-state index in [4.69, 9.17) is 11.5 Å². The summed E-state index contributed by atoms with van der Waals surface area (Å²) in [7, 11) is 0. The summed E-state index contributed by atoms with van der Waals surface area (Å²) in [5, 5.41) is 0. The molecule has 2 unspecified atom stereocenters. The molecule has 0 radical (unpaired) electrons. The van der Waals surface area contributed by atoms with Crippen molar-refractivity contribution in [3.8, 4) is 0 Å². The molecule has 2 amide bonds. The van der Waals surface area contributed by atoms with Gasteiger partial charge in [0.2, 0.25) is 11.8 Å². The number of primary amides is 1. The van der Waals surface area contributed by atoms with Gasteiger partial charge >= 0.3 is 0 Å². The number of nitrogens with zero attached hydrogens (tertiary/aromatic N) is 1. The van der Waals surface area contributed by atoms with E-state index < -0.39 is 5.91 Å². The Bertz CT molecular complexity index is 297. The van der Waals surface area contributed by atoms with Gasteiger partial charge in [0.1, 0.15) is 0 Å². The molecule has 0 saturated heterocycles. The number of carbonyl (C=O) groups is 2. The third-order valence-corrected chi connectivity index (χ3v) is 3.30. The minimum absolute atomic E-state index is 0. The van der Waals surface area contributed by atoms with Crippen LogP contribution in [0.4, 0.5) is 0 Å². The van der Waals surface area contributed by atoms with Gasteiger partial charge in [-0.15, -0.1) is 12.4 Å². The Labute approximate surface area is 115 Å². The topological polar surface area (TPSA) is 89.4 Å². The summed E-state index contributed by atoms with van der Waals surface area (Å²) in [5.74, 6) is -0.485. The normalized spacial score (nSPS) is 23.3. The van der Waals surface area contributed by atoms with Crippen LogP contribution in [0.15, 0.2) is 0 Å². The average Bonchev–Trinajstić information content (AvgIpc) is 2.24. The summed E-state index contributed by atoms with van der Waals surface area (Å²) in [6.07, 6.45) is 3.57. The van der Waals surface area contributed by atoms with Crippen molar-refractivity contribution in [3.63, 3.8) is 0 Å². The third-order valence-electron chi connectivity index (χ3n) is 3.30. The fourth-order valence-corrected chi connectivity index (χ4v) is 2.37. The van der Waals surface area contributed by atoms with Crippen molar-refractivity contribution in [2.45, 2.75) is 51.6 Å². The number of carbonyl (C=O) groups excluding carboxylic acids is 2. The number of halogens is 1. The molecule has 6 heteroatoms. The maximum absolute atomic E-state index is 12.3. The lowest BCUT2D eigenvalue weighted by molar-refractivity contribution is -0.141. The molecule has 1 saturated carbocycles. The zero-order chi connectivity index (χ0) is 13.0. The fourth-order valence-electron chi connectivity index (χ4n) is 2.37. The summed E-state index contributed by atoms with van der Waals surface area (Å²) in [5.41, 5.74) is 11.0. The monoisotopic (exact) mass is 277 g/mol. The van der Waals surface area contributed by atoms with Gasteiger partial charge in [-0.3, -0.25) is 9.59 Å². The molecule has 1 aliphatic rings. The van der Waals surface area contributed by atoms with Crippen LogP contribution in [0.3, 0.4) is 0 Å². The quantitative estimate of drug-likeness (QED) is 0.790. The van der Waals surface area contributed by atoms with E-state index in [2.05, 4.69) is 0 Å². The second kappa shape index (κ2) is 7.59. The van der Waals surface area contributed by atoms with E-state index >= 15 is 0 Å². The minimum atomic E-state index is -0.466. The molecule has 2 atom stereocenters. The van der Waals surface area contributed by atoms with Crippen LogP contribution in [0.2, 0.25) is 0 Å². The Morgan fingerprint density at radius 2 is 1.94 bits per heavy atom. The van der Waals surface area contributed by atoms with Crippen LogP contribution in [0.1, 0.15) is 39.5 Å². The lowest BCUT2D eigenvalue weighted by atomic mass is 9.85. The van der Waals surface area contributed by atoms with Gasteiger partial charge in [-0.25, -0.2) is 0 Å². The molecular formula is C12H24ClN3O2. The van der Waals surface area contributed by atoms with Crippen LogP contribution in [-0.4, -0.2) is 35.3 Å². The highest BCUT2D eigenvalue weighted by molar-refractivity contribution is 5.85. The van der Waals surface area contributed by atoms with E-state index in [0.29, 0.717) is 0 Å². The van der Waals surface area contributed by atoms with Gasteiger partial charge < -0.3 is 16.4 Å². The highest BCUT2D eigenvalue weighted by Crippen LogP contribution is 2.25. The number of rotatable bonds is 4. The minimum Gasteiger partial charge on any atom is -0.368 e. The van der Waals surface area contributed by atoms with Crippen molar-refractivity contribution >= 4 is 24.2 Å². The molecule has 0 aliphatic heterocycles. The predicted octanol–water partition coefficient (Wildman–Crippen LogP) is 0.648. The first kappa shape index (κ1) is 17.2. The highest BCUT2D eigenvalue weighted by Gasteiger charge is 2.30. The van der Waals surface area contributed by atoms with Gasteiger partial charge in [-0.1, -0.05) is 6.42 Å². The molecule has 4 N–H and O–H groups in total. The van der Waals surface area contributed by atoms with Gasteiger partial charge in [0.15, 0.2) is 0 Å². The van der Waals surface area contributed by atoms with Crippen LogP contribution in [0.25, 0.3) is 0 Å². The molecule has 0 aromatic carbocycles. The zero-order valence-corrected chi connectivity index (χ0v) is 11.9. The summed E-state index contributed by atoms with van der Waals surface area (Å²) in [6.45, 7) is 3.79. The lowest BCUT2D eigenvalue weighted by Crippen LogP contribution is -2.47. The van der Waals surface area contributed by atoms with Crippen molar-refractivity contribution in [2.24, 2.45) is 17.4 Å². The first-order valence-corrected chi connectivity index (χ1v) is 6.26. The molecule has 0 spiro atoms. The van der Waals surface area contributed by atoms with E-state index in [1.807, 2.05) is 13.8 Å². The molecule has 0 aromatic heterocycles. The number of nitrogens with two attached hydrogens (primary N) is 2. The molecule has 5 nitrogen and oxygen atoms in total. The van der Waals surface area contributed by atoms with Crippen molar-refractivity contribution < 1.29 is 9.59 Å². The Hall–Kier alpha value is -0.810. The van der Waals surface area contributed by atoms with Crippen molar-refractivity contribution in [2.75, 3.05) is 6.54 Å². The molecule has 1 rings (SSSR count). The van der Waals surface area contributed by atoms with Gasteiger partial charge in [0.25, 0.3) is 0 Å². The molecule has 1 fully saturated rings. The SMILES string of the molecule is CC(C)N(CC(N)=O)C(=O)C1CCCC(N)C1.Cl. The van der Waals surface area contributed by atoms with E-state index in [9.17, 15) is 9.59 Å². The van der Waals surface area contributed by atoms with Crippen molar-refractivity contribution in [1.82, 2.24) is 4.90 Å². The van der Waals surface area contributed by atoms with E-state index in [1.165, 1.54) is 0 Å². The Morgan fingerprint density at radius 1 is 1.33 bits per heavy atom. The fraction of sp³-hybridized carbons (Fsp3) is 0.833. The molecule has 0 bridgehead atoms. The van der Waals surface area contributed by atoms with E-state index in [-0.39, 0.29) is 42.9 Å². The summed E-state index contributed by atoms with van der Waals surface area (Å²) >= 11 is 0. The van der Waals surface area contributed by atoms with Gasteiger partial charge in [0.05, 0.1) is 6.54 Å². The maximum atomic E-state index is 12.3. The van der Waals surface area contributed by atoms with Gasteiger partial charge in [-0.05, 0) is 33.1 Å². The first-order valence-electron chi connectivity index (χ1n) is 6.26. The van der Waals surface area contributed by atoms with Gasteiger partial charge in [-0.2, -0.15) is 0 Å². The standard InChI is InChI=1S/C12H23N3O2.ClH/c1-8(2)15(7-11(14)16)12(17)9-4-3-5-10(13)6-9;/h8-10H,3-7,13H2,1-2H3,(H2,14,16);1H. The largest absolute Gasteiger partial charge is 0.368 e. The molecule has 1 aliphatic carbocycles. The van der Waals surface area contributed by atoms with Crippen LogP contribution in [0.5, 0.6) is 0 Å². The van der Waals surface area contributed by atoms with Crippen LogP contribution in [0, 0.1) is 5.92 Å². The van der Waals surface area contributed by atoms with E-state index in [1.54, 1.807) is 4.90 Å². The third kappa shape index (κ3) is 4.82. The molecule has 0 heterocycles. The highest BCUT2D eigenvalue weighted by atomic mass is 35.5. The molecule has 106 valence electrons. The molecule has 18 heavy (non-hydrogen) atoms. The first-order chi connectivity index (χ1) is 7.91.